The molecule has 6 heteroatoms. The van der Waals surface area contributed by atoms with E-state index in [0.29, 0.717) is 23.0 Å². The number of imidazole rings is 1. The van der Waals surface area contributed by atoms with Gasteiger partial charge in [0.1, 0.15) is 11.3 Å². The van der Waals surface area contributed by atoms with Crippen molar-refractivity contribution in [3.8, 4) is 0 Å². The lowest BCUT2D eigenvalue weighted by Gasteiger charge is -2.35. The molecule has 1 atom stereocenters. The SMILES string of the molecule is Cc1nc2ccc(Cl)cn2c1C(=O)N1CCCC(C2(O)CC2)C1. The van der Waals surface area contributed by atoms with Crippen LogP contribution >= 0.6 is 11.6 Å². The molecule has 0 aromatic carbocycles. The number of carbonyl (C=O) groups is 1. The van der Waals surface area contributed by atoms with Gasteiger partial charge >= 0.3 is 0 Å². The summed E-state index contributed by atoms with van der Waals surface area (Å²) in [6.07, 6.45) is 5.40. The molecular weight excluding hydrogens is 314 g/mol. The molecule has 0 bridgehead atoms. The van der Waals surface area contributed by atoms with Crippen LogP contribution in [-0.4, -0.2) is 44.0 Å². The first-order valence-corrected chi connectivity index (χ1v) is 8.52. The minimum Gasteiger partial charge on any atom is -0.390 e. The Balaban J connectivity index is 1.66. The number of carbonyl (C=O) groups excluding carboxylic acids is 1. The third-order valence-corrected chi connectivity index (χ3v) is 5.41. The van der Waals surface area contributed by atoms with Crippen LogP contribution in [0.15, 0.2) is 18.3 Å². The second-order valence-electron chi connectivity index (χ2n) is 6.82. The molecule has 1 saturated heterocycles. The highest BCUT2D eigenvalue weighted by Crippen LogP contribution is 2.45. The number of likely N-dealkylation sites (tertiary alicyclic amines) is 1. The number of rotatable bonds is 2. The number of aliphatic hydroxyl groups is 1. The zero-order valence-electron chi connectivity index (χ0n) is 13.1. The fraction of sp³-hybridized carbons (Fsp3) is 0.529. The van der Waals surface area contributed by atoms with Gasteiger partial charge in [-0.3, -0.25) is 9.20 Å². The van der Waals surface area contributed by atoms with Gasteiger partial charge in [0.15, 0.2) is 0 Å². The van der Waals surface area contributed by atoms with E-state index in [4.69, 9.17) is 11.6 Å². The number of hydrogen-bond acceptors (Lipinski definition) is 3. The number of aromatic nitrogens is 2. The Bertz CT molecular complexity index is 781. The number of pyridine rings is 1. The number of fused-ring (bicyclic) bond motifs is 1. The molecule has 122 valence electrons. The van der Waals surface area contributed by atoms with Crippen molar-refractivity contribution >= 4 is 23.2 Å². The number of nitrogens with zero attached hydrogens (tertiary/aromatic N) is 3. The number of halogens is 1. The molecule has 5 nitrogen and oxygen atoms in total. The Kier molecular flexibility index (Phi) is 3.39. The van der Waals surface area contributed by atoms with Crippen molar-refractivity contribution in [2.24, 2.45) is 5.92 Å². The van der Waals surface area contributed by atoms with E-state index in [0.717, 1.165) is 37.9 Å². The van der Waals surface area contributed by atoms with Gasteiger partial charge in [-0.05, 0) is 44.7 Å². The van der Waals surface area contributed by atoms with Crippen LogP contribution in [0.3, 0.4) is 0 Å². The number of aryl methyl sites for hydroxylation is 1. The van der Waals surface area contributed by atoms with E-state index in [1.165, 1.54) is 0 Å². The minimum atomic E-state index is -0.531. The number of amides is 1. The molecule has 1 saturated carbocycles. The van der Waals surface area contributed by atoms with Crippen LogP contribution in [0, 0.1) is 12.8 Å². The summed E-state index contributed by atoms with van der Waals surface area (Å²) in [7, 11) is 0. The van der Waals surface area contributed by atoms with Gasteiger partial charge in [0.05, 0.1) is 16.3 Å². The average Bonchev–Trinajstić information content (AvgIpc) is 3.21. The van der Waals surface area contributed by atoms with E-state index in [-0.39, 0.29) is 11.8 Å². The van der Waals surface area contributed by atoms with Gasteiger partial charge in [0.2, 0.25) is 0 Å². The lowest BCUT2D eigenvalue weighted by molar-refractivity contribution is 0.0278. The summed E-state index contributed by atoms with van der Waals surface area (Å²) in [6.45, 7) is 3.21. The monoisotopic (exact) mass is 333 g/mol. The molecular formula is C17H20ClN3O2. The summed E-state index contributed by atoms with van der Waals surface area (Å²) in [5.74, 6) is 0.175. The molecule has 1 N–H and O–H groups in total. The molecule has 4 rings (SSSR count). The van der Waals surface area contributed by atoms with Gasteiger partial charge in [-0.15, -0.1) is 0 Å². The maximum atomic E-state index is 13.0. The molecule has 2 aliphatic rings. The average molecular weight is 334 g/mol. The molecule has 23 heavy (non-hydrogen) atoms. The summed E-state index contributed by atoms with van der Waals surface area (Å²) < 4.78 is 1.77. The van der Waals surface area contributed by atoms with Gasteiger partial charge in [-0.1, -0.05) is 11.6 Å². The Labute approximate surface area is 139 Å². The Morgan fingerprint density at radius 1 is 1.43 bits per heavy atom. The first-order chi connectivity index (χ1) is 11.0. The highest BCUT2D eigenvalue weighted by molar-refractivity contribution is 6.30. The fourth-order valence-corrected chi connectivity index (χ4v) is 3.84. The standard InChI is InChI=1S/C17H20ClN3O2/c1-11-15(21-10-13(18)4-5-14(21)19-11)16(22)20-8-2-3-12(9-20)17(23)6-7-17/h4-5,10,12,23H,2-3,6-9H2,1H3. The Morgan fingerprint density at radius 2 is 2.22 bits per heavy atom. The summed E-state index contributed by atoms with van der Waals surface area (Å²) in [4.78, 5) is 19.4. The largest absolute Gasteiger partial charge is 0.390 e. The van der Waals surface area contributed by atoms with E-state index in [1.54, 1.807) is 16.7 Å². The number of hydrogen-bond donors (Lipinski definition) is 1. The predicted octanol–water partition coefficient (Wildman–Crippen LogP) is 2.67. The first kappa shape index (κ1) is 15.0. The van der Waals surface area contributed by atoms with Crippen molar-refractivity contribution in [2.45, 2.75) is 38.2 Å². The van der Waals surface area contributed by atoms with E-state index >= 15 is 0 Å². The van der Waals surface area contributed by atoms with Crippen LogP contribution in [0.25, 0.3) is 5.65 Å². The quantitative estimate of drug-likeness (QED) is 0.919. The molecule has 2 fully saturated rings. The Hall–Kier alpha value is -1.59. The van der Waals surface area contributed by atoms with Gasteiger partial charge < -0.3 is 10.0 Å². The van der Waals surface area contributed by atoms with E-state index in [9.17, 15) is 9.90 Å². The molecule has 1 aliphatic heterocycles. The van der Waals surface area contributed by atoms with Crippen molar-refractivity contribution in [3.63, 3.8) is 0 Å². The van der Waals surface area contributed by atoms with Gasteiger partial charge in [0.25, 0.3) is 5.91 Å². The van der Waals surface area contributed by atoms with Crippen molar-refractivity contribution in [1.82, 2.24) is 14.3 Å². The third-order valence-electron chi connectivity index (χ3n) is 5.19. The van der Waals surface area contributed by atoms with Gasteiger partial charge in [-0.2, -0.15) is 0 Å². The van der Waals surface area contributed by atoms with Crippen LogP contribution in [0.2, 0.25) is 5.02 Å². The highest BCUT2D eigenvalue weighted by atomic mass is 35.5. The van der Waals surface area contributed by atoms with Crippen molar-refractivity contribution in [1.29, 1.82) is 0 Å². The lowest BCUT2D eigenvalue weighted by Crippen LogP contribution is -2.44. The second kappa shape index (κ2) is 5.21. The summed E-state index contributed by atoms with van der Waals surface area (Å²) in [5.41, 5.74) is 1.48. The van der Waals surface area contributed by atoms with Crippen LogP contribution in [-0.2, 0) is 0 Å². The molecule has 3 heterocycles. The highest BCUT2D eigenvalue weighted by Gasteiger charge is 2.49. The maximum absolute atomic E-state index is 13.0. The van der Waals surface area contributed by atoms with E-state index < -0.39 is 5.60 Å². The number of piperidine rings is 1. The van der Waals surface area contributed by atoms with Crippen molar-refractivity contribution in [2.75, 3.05) is 13.1 Å². The molecule has 1 aliphatic carbocycles. The van der Waals surface area contributed by atoms with Gasteiger partial charge in [0, 0.05) is 25.2 Å². The van der Waals surface area contributed by atoms with Crippen LogP contribution < -0.4 is 0 Å². The van der Waals surface area contributed by atoms with Crippen LogP contribution in [0.1, 0.15) is 41.9 Å². The third kappa shape index (κ3) is 2.52. The maximum Gasteiger partial charge on any atom is 0.272 e. The van der Waals surface area contributed by atoms with Crippen molar-refractivity contribution in [3.05, 3.63) is 34.7 Å². The predicted molar refractivity (Wildman–Crippen MR) is 87.8 cm³/mol. The van der Waals surface area contributed by atoms with E-state index in [2.05, 4.69) is 4.98 Å². The molecule has 2 aromatic rings. The summed E-state index contributed by atoms with van der Waals surface area (Å²) in [5, 5.41) is 11.0. The lowest BCUT2D eigenvalue weighted by atomic mass is 9.90. The van der Waals surface area contributed by atoms with Gasteiger partial charge in [-0.25, -0.2) is 4.98 Å². The zero-order valence-corrected chi connectivity index (χ0v) is 13.9. The van der Waals surface area contributed by atoms with Crippen molar-refractivity contribution < 1.29 is 9.90 Å². The fourth-order valence-electron chi connectivity index (χ4n) is 3.68. The summed E-state index contributed by atoms with van der Waals surface area (Å²) >= 11 is 6.08. The summed E-state index contributed by atoms with van der Waals surface area (Å²) in [6, 6.07) is 3.59. The van der Waals surface area contributed by atoms with E-state index in [1.807, 2.05) is 17.9 Å². The molecule has 0 spiro atoms. The molecule has 1 unspecified atom stereocenters. The zero-order chi connectivity index (χ0) is 16.2. The smallest absolute Gasteiger partial charge is 0.272 e. The van der Waals surface area contributed by atoms with Crippen LogP contribution in [0.4, 0.5) is 0 Å². The topological polar surface area (TPSA) is 57.8 Å². The minimum absolute atomic E-state index is 0.0220. The van der Waals surface area contributed by atoms with Crippen LogP contribution in [0.5, 0.6) is 0 Å². The molecule has 1 amide bonds. The normalized spacial score (nSPS) is 23.3. The Morgan fingerprint density at radius 3 is 2.96 bits per heavy atom. The molecule has 0 radical (unpaired) electrons. The second-order valence-corrected chi connectivity index (χ2v) is 7.25. The molecule has 2 aromatic heterocycles. The first-order valence-electron chi connectivity index (χ1n) is 8.14.